The second kappa shape index (κ2) is 8.44. The van der Waals surface area contributed by atoms with Crippen LogP contribution in [0.15, 0.2) is 54.7 Å². The quantitative estimate of drug-likeness (QED) is 0.788. The van der Waals surface area contributed by atoms with E-state index in [-0.39, 0.29) is 11.9 Å². The molecule has 0 aliphatic carbocycles. The average Bonchev–Trinajstić information content (AvgIpc) is 2.60. The second-order valence-electron chi connectivity index (χ2n) is 5.55. The normalized spacial score (nSPS) is 12.2. The van der Waals surface area contributed by atoms with Crippen molar-refractivity contribution in [2.45, 2.75) is 26.4 Å². The molecule has 0 fully saturated rings. The first-order valence-corrected chi connectivity index (χ1v) is 8.11. The summed E-state index contributed by atoms with van der Waals surface area (Å²) in [5.74, 6) is 0.102. The minimum Gasteiger partial charge on any atom is -0.338 e. The largest absolute Gasteiger partial charge is 0.338 e. The second-order valence-corrected chi connectivity index (χ2v) is 5.55. The number of hydrogen-bond donors (Lipinski definition) is 0. The molecule has 1 aromatic heterocycles. The maximum absolute atomic E-state index is 13.1. The van der Waals surface area contributed by atoms with E-state index in [0.29, 0.717) is 6.54 Å². The van der Waals surface area contributed by atoms with Crippen LogP contribution >= 0.6 is 0 Å². The van der Waals surface area contributed by atoms with Gasteiger partial charge in [0.25, 0.3) is 0 Å². The molecular weight excluding hydrogens is 286 g/mol. The molecule has 1 amide bonds. The third-order valence-electron chi connectivity index (χ3n) is 4.03. The van der Waals surface area contributed by atoms with Crippen LogP contribution in [0.25, 0.3) is 0 Å². The molecule has 0 spiro atoms. The highest BCUT2D eigenvalue weighted by Gasteiger charge is 2.28. The first-order valence-electron chi connectivity index (χ1n) is 8.11. The van der Waals surface area contributed by atoms with Gasteiger partial charge in [-0.2, -0.15) is 0 Å². The van der Waals surface area contributed by atoms with Crippen LogP contribution in [0.4, 0.5) is 0 Å². The molecule has 0 bridgehead atoms. The zero-order valence-corrected chi connectivity index (χ0v) is 14.1. The average molecular weight is 311 g/mol. The molecule has 1 heterocycles. The summed E-state index contributed by atoms with van der Waals surface area (Å²) in [6, 6.07) is 15.5. The van der Waals surface area contributed by atoms with E-state index in [9.17, 15) is 4.79 Å². The molecule has 0 aliphatic rings. The molecule has 1 unspecified atom stereocenters. The summed E-state index contributed by atoms with van der Waals surface area (Å²) in [5, 5.41) is 0. The lowest BCUT2D eigenvalue weighted by atomic mass is 10.0. The fourth-order valence-electron chi connectivity index (χ4n) is 2.75. The molecular formula is C19H25N3O. The molecule has 0 N–H and O–H groups in total. The van der Waals surface area contributed by atoms with Crippen LogP contribution < -0.4 is 0 Å². The summed E-state index contributed by atoms with van der Waals surface area (Å²) in [6.45, 7) is 6.36. The fraction of sp³-hybridized carbons (Fsp3) is 0.368. The Kier molecular flexibility index (Phi) is 6.29. The van der Waals surface area contributed by atoms with Crippen molar-refractivity contribution in [2.75, 3.05) is 20.1 Å². The van der Waals surface area contributed by atoms with Gasteiger partial charge in [-0.25, -0.2) is 0 Å². The first-order chi connectivity index (χ1) is 11.2. The SMILES string of the molecule is CCN(CC)C(C(=O)N(C)Cc1ccccn1)c1ccccc1. The minimum absolute atomic E-state index is 0.102. The van der Waals surface area contributed by atoms with E-state index in [1.165, 1.54) is 0 Å². The van der Waals surface area contributed by atoms with Gasteiger partial charge in [0.2, 0.25) is 5.91 Å². The number of pyridine rings is 1. The van der Waals surface area contributed by atoms with Crippen LogP contribution in [0.1, 0.15) is 31.1 Å². The number of nitrogens with zero attached hydrogens (tertiary/aromatic N) is 3. The summed E-state index contributed by atoms with van der Waals surface area (Å²) in [4.78, 5) is 21.3. The predicted octanol–water partition coefficient (Wildman–Crippen LogP) is 3.12. The van der Waals surface area contributed by atoms with E-state index in [1.807, 2.05) is 55.6 Å². The van der Waals surface area contributed by atoms with Crippen LogP contribution in [0.5, 0.6) is 0 Å². The van der Waals surface area contributed by atoms with Crippen LogP contribution in [0.3, 0.4) is 0 Å². The summed E-state index contributed by atoms with van der Waals surface area (Å²) in [6.07, 6.45) is 1.76. The molecule has 2 rings (SSSR count). The fourth-order valence-corrected chi connectivity index (χ4v) is 2.75. The molecule has 2 aromatic rings. The number of likely N-dealkylation sites (N-methyl/N-ethyl adjacent to an activating group) is 2. The van der Waals surface area contributed by atoms with Gasteiger partial charge in [0.05, 0.1) is 12.2 Å². The third-order valence-corrected chi connectivity index (χ3v) is 4.03. The van der Waals surface area contributed by atoms with E-state index < -0.39 is 0 Å². The molecule has 0 saturated carbocycles. The van der Waals surface area contributed by atoms with Crippen LogP contribution in [0.2, 0.25) is 0 Å². The van der Waals surface area contributed by atoms with Gasteiger partial charge in [-0.05, 0) is 30.8 Å². The number of benzene rings is 1. The van der Waals surface area contributed by atoms with Crippen LogP contribution in [-0.2, 0) is 11.3 Å². The number of hydrogen-bond acceptors (Lipinski definition) is 3. The van der Waals surface area contributed by atoms with Gasteiger partial charge >= 0.3 is 0 Å². The Labute approximate surface area is 138 Å². The first kappa shape index (κ1) is 17.2. The Hall–Kier alpha value is -2.20. The van der Waals surface area contributed by atoms with Crippen molar-refractivity contribution >= 4 is 5.91 Å². The summed E-state index contributed by atoms with van der Waals surface area (Å²) in [7, 11) is 1.84. The Bertz CT molecular complexity index is 597. The lowest BCUT2D eigenvalue weighted by molar-refractivity contribution is -0.136. The van der Waals surface area contributed by atoms with Crippen molar-refractivity contribution in [1.29, 1.82) is 0 Å². The highest BCUT2D eigenvalue weighted by molar-refractivity contribution is 5.83. The molecule has 1 atom stereocenters. The smallest absolute Gasteiger partial charge is 0.244 e. The van der Waals surface area contributed by atoms with Crippen molar-refractivity contribution in [2.24, 2.45) is 0 Å². The Morgan fingerprint density at radius 3 is 2.26 bits per heavy atom. The Morgan fingerprint density at radius 2 is 1.70 bits per heavy atom. The molecule has 23 heavy (non-hydrogen) atoms. The van der Waals surface area contributed by atoms with E-state index in [2.05, 4.69) is 23.7 Å². The van der Waals surface area contributed by atoms with E-state index in [4.69, 9.17) is 0 Å². The maximum atomic E-state index is 13.1. The number of carbonyl (C=O) groups is 1. The molecule has 122 valence electrons. The standard InChI is InChI=1S/C19H25N3O/c1-4-22(5-2)18(16-11-7-6-8-12-16)19(23)21(3)15-17-13-9-10-14-20-17/h6-14,18H,4-5,15H2,1-3H3. The van der Waals surface area contributed by atoms with E-state index >= 15 is 0 Å². The van der Waals surface area contributed by atoms with Gasteiger partial charge in [-0.3, -0.25) is 14.7 Å². The van der Waals surface area contributed by atoms with Crippen LogP contribution in [-0.4, -0.2) is 40.8 Å². The third kappa shape index (κ3) is 4.39. The molecule has 0 saturated heterocycles. The molecule has 0 radical (unpaired) electrons. The monoisotopic (exact) mass is 311 g/mol. The van der Waals surface area contributed by atoms with Gasteiger partial charge < -0.3 is 4.90 Å². The summed E-state index contributed by atoms with van der Waals surface area (Å²) < 4.78 is 0. The topological polar surface area (TPSA) is 36.4 Å². The summed E-state index contributed by atoms with van der Waals surface area (Å²) in [5.41, 5.74) is 1.93. The minimum atomic E-state index is -0.250. The van der Waals surface area contributed by atoms with Gasteiger partial charge in [0, 0.05) is 13.2 Å². The van der Waals surface area contributed by atoms with Crippen molar-refractivity contribution < 1.29 is 4.79 Å². The van der Waals surface area contributed by atoms with E-state index in [0.717, 1.165) is 24.3 Å². The predicted molar refractivity (Wildman–Crippen MR) is 92.8 cm³/mol. The van der Waals surface area contributed by atoms with Gasteiger partial charge in [0.1, 0.15) is 6.04 Å². The molecule has 0 aliphatic heterocycles. The molecule has 4 nitrogen and oxygen atoms in total. The van der Waals surface area contributed by atoms with Gasteiger partial charge in [0.15, 0.2) is 0 Å². The lowest BCUT2D eigenvalue weighted by Crippen LogP contribution is -2.41. The van der Waals surface area contributed by atoms with Gasteiger partial charge in [-0.1, -0.05) is 50.2 Å². The zero-order valence-electron chi connectivity index (χ0n) is 14.1. The van der Waals surface area contributed by atoms with Crippen LogP contribution in [0, 0.1) is 0 Å². The molecule has 4 heteroatoms. The number of rotatable bonds is 7. The van der Waals surface area contributed by atoms with E-state index in [1.54, 1.807) is 11.1 Å². The zero-order chi connectivity index (χ0) is 16.7. The highest BCUT2D eigenvalue weighted by atomic mass is 16.2. The number of amides is 1. The number of aromatic nitrogens is 1. The molecule has 1 aromatic carbocycles. The summed E-state index contributed by atoms with van der Waals surface area (Å²) >= 11 is 0. The van der Waals surface area contributed by atoms with Crippen molar-refractivity contribution in [1.82, 2.24) is 14.8 Å². The van der Waals surface area contributed by atoms with Crippen molar-refractivity contribution in [3.05, 3.63) is 66.0 Å². The lowest BCUT2D eigenvalue weighted by Gasteiger charge is -2.32. The Morgan fingerprint density at radius 1 is 1.04 bits per heavy atom. The van der Waals surface area contributed by atoms with Crippen molar-refractivity contribution in [3.63, 3.8) is 0 Å². The van der Waals surface area contributed by atoms with Gasteiger partial charge in [-0.15, -0.1) is 0 Å². The number of carbonyl (C=O) groups excluding carboxylic acids is 1. The maximum Gasteiger partial charge on any atom is 0.244 e. The highest BCUT2D eigenvalue weighted by Crippen LogP contribution is 2.23. The van der Waals surface area contributed by atoms with Crippen molar-refractivity contribution in [3.8, 4) is 0 Å². The Balaban J connectivity index is 2.22.